The Morgan fingerprint density at radius 3 is 2.85 bits per heavy atom. The largest absolute Gasteiger partial charge is 0.250 e. The maximum atomic E-state index is 4.64. The molecular weight excluding hydrogens is 248 g/mol. The molecule has 4 heteroatoms. The van der Waals surface area contributed by atoms with Crippen molar-refractivity contribution in [3.63, 3.8) is 0 Å². The zero-order chi connectivity index (χ0) is 13.9. The molecule has 0 unspecified atom stereocenters. The van der Waals surface area contributed by atoms with E-state index in [9.17, 15) is 0 Å². The molecule has 20 heavy (non-hydrogen) atoms. The van der Waals surface area contributed by atoms with Gasteiger partial charge >= 0.3 is 0 Å². The number of imidazole rings is 1. The normalized spacial score (nSPS) is 11.1. The van der Waals surface area contributed by atoms with Gasteiger partial charge in [-0.05, 0) is 31.5 Å². The quantitative estimate of drug-likeness (QED) is 0.681. The van der Waals surface area contributed by atoms with Crippen molar-refractivity contribution in [2.75, 3.05) is 0 Å². The first-order valence-electron chi connectivity index (χ1n) is 7.08. The minimum absolute atomic E-state index is 0.802. The molecule has 0 saturated heterocycles. The lowest BCUT2D eigenvalue weighted by Gasteiger charge is -1.99. The van der Waals surface area contributed by atoms with Gasteiger partial charge in [-0.2, -0.15) is 9.55 Å². The topological polar surface area (TPSA) is 34.6 Å². The number of rotatable bonds is 4. The Hall–Kier alpha value is -2.23. The lowest BCUT2D eigenvalue weighted by molar-refractivity contribution is -0.696. The number of fused-ring (bicyclic) bond motifs is 1. The van der Waals surface area contributed by atoms with Gasteiger partial charge in [-0.1, -0.05) is 13.3 Å². The number of aryl methyl sites for hydroxylation is 2. The van der Waals surface area contributed by atoms with Crippen LogP contribution in [0.2, 0.25) is 0 Å². The van der Waals surface area contributed by atoms with Crippen molar-refractivity contribution in [1.82, 2.24) is 14.5 Å². The Morgan fingerprint density at radius 1 is 1.15 bits per heavy atom. The number of hydrogen-bond donors (Lipinski definition) is 0. The molecule has 0 spiro atoms. The highest BCUT2D eigenvalue weighted by atomic mass is 15.2. The monoisotopic (exact) mass is 267 g/mol. The van der Waals surface area contributed by atoms with Crippen LogP contribution in [-0.2, 0) is 6.54 Å². The highest BCUT2D eigenvalue weighted by Gasteiger charge is 2.09. The maximum absolute atomic E-state index is 4.64. The Labute approximate surface area is 118 Å². The van der Waals surface area contributed by atoms with Crippen LogP contribution in [0.4, 0.5) is 0 Å². The summed E-state index contributed by atoms with van der Waals surface area (Å²) in [5.41, 5.74) is 1.80. The van der Waals surface area contributed by atoms with Gasteiger partial charge in [-0.25, -0.2) is 9.55 Å². The third kappa shape index (κ3) is 2.54. The summed E-state index contributed by atoms with van der Waals surface area (Å²) in [5, 5.41) is 1.07. The first-order chi connectivity index (χ1) is 9.76. The molecule has 0 amide bonds. The van der Waals surface area contributed by atoms with Crippen molar-refractivity contribution in [3.05, 3.63) is 48.7 Å². The third-order valence-corrected chi connectivity index (χ3v) is 3.40. The fourth-order valence-electron chi connectivity index (χ4n) is 2.23. The summed E-state index contributed by atoms with van der Waals surface area (Å²) in [6, 6.07) is 8.17. The second-order valence-electron chi connectivity index (χ2n) is 5.08. The molecule has 3 heterocycles. The molecule has 4 nitrogen and oxygen atoms in total. The average Bonchev–Trinajstić information content (AvgIpc) is 2.93. The molecule has 0 fully saturated rings. The van der Waals surface area contributed by atoms with Crippen molar-refractivity contribution in [3.8, 4) is 5.82 Å². The summed E-state index contributed by atoms with van der Waals surface area (Å²) in [6.07, 6.45) is 8.61. The van der Waals surface area contributed by atoms with E-state index in [4.69, 9.17) is 0 Å². The first-order valence-corrected chi connectivity index (χ1v) is 7.08. The van der Waals surface area contributed by atoms with Crippen LogP contribution < -0.4 is 4.57 Å². The summed E-state index contributed by atoms with van der Waals surface area (Å²) < 4.78 is 4.23. The number of aromatic nitrogens is 4. The van der Waals surface area contributed by atoms with E-state index in [1.165, 1.54) is 12.8 Å². The molecule has 0 saturated carbocycles. The maximum Gasteiger partial charge on any atom is 0.250 e. The van der Waals surface area contributed by atoms with Crippen LogP contribution in [0.15, 0.2) is 43.0 Å². The minimum Gasteiger partial charge on any atom is -0.236 e. The molecule has 3 rings (SSSR count). The molecule has 0 aliphatic heterocycles. The summed E-state index contributed by atoms with van der Waals surface area (Å²) in [7, 11) is 0. The van der Waals surface area contributed by atoms with E-state index in [1.54, 1.807) is 0 Å². The summed E-state index contributed by atoms with van der Waals surface area (Å²) in [6.45, 7) is 5.24. The Balaban J connectivity index is 1.95. The average molecular weight is 267 g/mol. The van der Waals surface area contributed by atoms with Crippen LogP contribution in [0.5, 0.6) is 0 Å². The highest BCUT2D eigenvalue weighted by molar-refractivity contribution is 5.75. The molecule has 0 aliphatic rings. The van der Waals surface area contributed by atoms with Crippen LogP contribution in [-0.4, -0.2) is 14.5 Å². The van der Waals surface area contributed by atoms with Crippen molar-refractivity contribution in [2.45, 2.75) is 33.2 Å². The fraction of sp³-hybridized carbons (Fsp3) is 0.312. The van der Waals surface area contributed by atoms with E-state index >= 15 is 0 Å². The van der Waals surface area contributed by atoms with Crippen LogP contribution in [0.25, 0.3) is 16.9 Å². The van der Waals surface area contributed by atoms with E-state index in [1.807, 2.05) is 29.8 Å². The van der Waals surface area contributed by atoms with Crippen LogP contribution >= 0.6 is 0 Å². The molecule has 0 aromatic carbocycles. The number of nitrogens with zero attached hydrogens (tertiary/aromatic N) is 4. The predicted molar refractivity (Wildman–Crippen MR) is 78.7 cm³/mol. The molecule has 0 N–H and O–H groups in total. The molecule has 3 aromatic rings. The summed E-state index contributed by atoms with van der Waals surface area (Å²) in [4.78, 5) is 9.13. The predicted octanol–water partition coefficient (Wildman–Crippen LogP) is 2.82. The van der Waals surface area contributed by atoms with Gasteiger partial charge in [0, 0.05) is 17.1 Å². The molecule has 0 aliphatic carbocycles. The molecule has 0 radical (unpaired) electrons. The van der Waals surface area contributed by atoms with Gasteiger partial charge in [-0.15, -0.1) is 0 Å². The van der Waals surface area contributed by atoms with Crippen molar-refractivity contribution >= 4 is 11.0 Å². The van der Waals surface area contributed by atoms with E-state index in [0.717, 1.165) is 29.1 Å². The van der Waals surface area contributed by atoms with E-state index in [-0.39, 0.29) is 0 Å². The Kier molecular flexibility index (Phi) is 3.46. The standard InChI is InChI=1S/C16H19N4/c1-3-4-9-19-10-11-20(12-19)15-8-7-14-6-5-13(2)17-16(14)18-15/h5-8,10-12H,3-4,9H2,1-2H3/q+1. The second-order valence-corrected chi connectivity index (χ2v) is 5.08. The SMILES string of the molecule is CCCC[n+]1ccn(-c2ccc3ccc(C)nc3n2)c1. The van der Waals surface area contributed by atoms with Gasteiger partial charge in [0.25, 0.3) is 0 Å². The van der Waals surface area contributed by atoms with Crippen molar-refractivity contribution in [2.24, 2.45) is 0 Å². The van der Waals surface area contributed by atoms with Crippen molar-refractivity contribution in [1.29, 1.82) is 0 Å². The number of pyridine rings is 2. The van der Waals surface area contributed by atoms with E-state index < -0.39 is 0 Å². The molecule has 3 aromatic heterocycles. The zero-order valence-corrected chi connectivity index (χ0v) is 12.0. The van der Waals surface area contributed by atoms with Gasteiger partial charge in [0.05, 0.1) is 6.54 Å². The van der Waals surface area contributed by atoms with E-state index in [0.29, 0.717) is 0 Å². The summed E-state index contributed by atoms with van der Waals surface area (Å²) in [5.74, 6) is 0.908. The smallest absolute Gasteiger partial charge is 0.236 e. The fourth-order valence-corrected chi connectivity index (χ4v) is 2.23. The third-order valence-electron chi connectivity index (χ3n) is 3.40. The molecule has 0 bridgehead atoms. The van der Waals surface area contributed by atoms with Gasteiger partial charge < -0.3 is 0 Å². The molecule has 0 atom stereocenters. The number of hydrogen-bond acceptors (Lipinski definition) is 2. The van der Waals surface area contributed by atoms with Gasteiger partial charge in [0.15, 0.2) is 5.65 Å². The van der Waals surface area contributed by atoms with E-state index in [2.05, 4.69) is 46.1 Å². The highest BCUT2D eigenvalue weighted by Crippen LogP contribution is 2.13. The molecular formula is C16H19N4+. The van der Waals surface area contributed by atoms with Crippen molar-refractivity contribution < 1.29 is 4.57 Å². The minimum atomic E-state index is 0.802. The van der Waals surface area contributed by atoms with Crippen LogP contribution in [0, 0.1) is 6.92 Å². The Bertz CT molecular complexity index is 730. The Morgan fingerprint density at radius 2 is 2.00 bits per heavy atom. The van der Waals surface area contributed by atoms with Gasteiger partial charge in [0.2, 0.25) is 12.1 Å². The first kappa shape index (κ1) is 12.8. The van der Waals surface area contributed by atoms with Gasteiger partial charge in [-0.3, -0.25) is 0 Å². The van der Waals surface area contributed by atoms with Crippen LogP contribution in [0.3, 0.4) is 0 Å². The second kappa shape index (κ2) is 5.41. The molecule has 102 valence electrons. The zero-order valence-electron chi connectivity index (χ0n) is 12.0. The van der Waals surface area contributed by atoms with Gasteiger partial charge in [0.1, 0.15) is 12.4 Å². The number of unbranched alkanes of at least 4 members (excludes halogenated alkanes) is 1. The summed E-state index contributed by atoms with van der Waals surface area (Å²) >= 11 is 0. The lowest BCUT2D eigenvalue weighted by atomic mass is 10.2. The lowest BCUT2D eigenvalue weighted by Crippen LogP contribution is -2.30. The van der Waals surface area contributed by atoms with Crippen LogP contribution in [0.1, 0.15) is 25.5 Å².